The molecule has 0 bridgehead atoms. The highest BCUT2D eigenvalue weighted by Crippen LogP contribution is 2.14. The van der Waals surface area contributed by atoms with Crippen molar-refractivity contribution < 1.29 is 0 Å². The molecule has 2 heterocycles. The Hall–Kier alpha value is -2.16. The fraction of sp³-hybridized carbons (Fsp3) is 0.316. The van der Waals surface area contributed by atoms with Crippen LogP contribution >= 0.6 is 24.0 Å². The summed E-state index contributed by atoms with van der Waals surface area (Å²) in [5.41, 5.74) is 3.16. The van der Waals surface area contributed by atoms with Gasteiger partial charge >= 0.3 is 0 Å². The number of hydrogen-bond acceptors (Lipinski definition) is 3. The highest BCUT2D eigenvalue weighted by molar-refractivity contribution is 14.0. The highest BCUT2D eigenvalue weighted by atomic mass is 127. The van der Waals surface area contributed by atoms with Gasteiger partial charge in [0.05, 0.1) is 23.3 Å². The van der Waals surface area contributed by atoms with E-state index in [0.29, 0.717) is 6.54 Å². The van der Waals surface area contributed by atoms with E-state index in [9.17, 15) is 0 Å². The molecule has 3 aromatic rings. The first-order valence-corrected chi connectivity index (χ1v) is 8.62. The fourth-order valence-electron chi connectivity index (χ4n) is 2.76. The van der Waals surface area contributed by atoms with Crippen molar-refractivity contribution in [2.75, 3.05) is 13.1 Å². The smallest absolute Gasteiger partial charge is 0.191 e. The third-order valence-electron chi connectivity index (χ3n) is 3.94. The van der Waals surface area contributed by atoms with Crippen molar-refractivity contribution in [3.63, 3.8) is 0 Å². The number of nitrogens with one attached hydrogen (secondary N) is 2. The van der Waals surface area contributed by atoms with Gasteiger partial charge in [-0.1, -0.05) is 18.2 Å². The monoisotopic (exact) mass is 464 g/mol. The molecule has 0 aliphatic heterocycles. The molecule has 0 spiro atoms. The maximum atomic E-state index is 4.60. The van der Waals surface area contributed by atoms with Crippen molar-refractivity contribution in [1.29, 1.82) is 0 Å². The molecule has 0 aliphatic rings. The minimum atomic E-state index is 0. The van der Waals surface area contributed by atoms with E-state index in [-0.39, 0.29) is 24.0 Å². The molecule has 138 valence electrons. The summed E-state index contributed by atoms with van der Waals surface area (Å²) in [6, 6.07) is 14.1. The summed E-state index contributed by atoms with van der Waals surface area (Å²) in [5, 5.41) is 6.65. The Morgan fingerprint density at radius 2 is 1.92 bits per heavy atom. The predicted octanol–water partition coefficient (Wildman–Crippen LogP) is 3.11. The molecular weight excluding hydrogens is 439 g/mol. The van der Waals surface area contributed by atoms with Crippen LogP contribution in [0.15, 0.2) is 53.7 Å². The van der Waals surface area contributed by atoms with Crippen LogP contribution in [-0.4, -0.2) is 33.6 Å². The first kappa shape index (κ1) is 20.2. The van der Waals surface area contributed by atoms with Crippen molar-refractivity contribution in [3.8, 4) is 0 Å². The van der Waals surface area contributed by atoms with E-state index in [1.54, 1.807) is 6.20 Å². The van der Waals surface area contributed by atoms with E-state index in [2.05, 4.69) is 43.2 Å². The number of hydrogen-bond donors (Lipinski definition) is 2. The molecule has 3 rings (SSSR count). The SMILES string of the molecule is CCNC(=NCc1ccccn1)NCCn1c(C)nc2ccccc21.I. The van der Waals surface area contributed by atoms with Gasteiger partial charge in [0.2, 0.25) is 0 Å². The van der Waals surface area contributed by atoms with Gasteiger partial charge in [0.1, 0.15) is 5.82 Å². The Bertz CT molecular complexity index is 844. The van der Waals surface area contributed by atoms with E-state index in [1.807, 2.05) is 43.3 Å². The van der Waals surface area contributed by atoms with Crippen molar-refractivity contribution in [2.24, 2.45) is 4.99 Å². The number of aliphatic imine (C=N–C) groups is 1. The topological polar surface area (TPSA) is 67.1 Å². The second-order valence-electron chi connectivity index (χ2n) is 5.74. The van der Waals surface area contributed by atoms with E-state index < -0.39 is 0 Å². The van der Waals surface area contributed by atoms with Crippen molar-refractivity contribution in [2.45, 2.75) is 26.9 Å². The highest BCUT2D eigenvalue weighted by Gasteiger charge is 2.06. The zero-order valence-corrected chi connectivity index (χ0v) is 17.5. The normalized spacial score (nSPS) is 11.2. The summed E-state index contributed by atoms with van der Waals surface area (Å²) in [6.07, 6.45) is 1.79. The lowest BCUT2D eigenvalue weighted by Gasteiger charge is -2.12. The Morgan fingerprint density at radius 1 is 1.12 bits per heavy atom. The van der Waals surface area contributed by atoms with Gasteiger partial charge in [0.25, 0.3) is 0 Å². The van der Waals surface area contributed by atoms with Gasteiger partial charge in [-0.15, -0.1) is 24.0 Å². The molecule has 0 saturated heterocycles. The Balaban J connectivity index is 0.00000243. The summed E-state index contributed by atoms with van der Waals surface area (Å²) >= 11 is 0. The lowest BCUT2D eigenvalue weighted by molar-refractivity contribution is 0.660. The molecule has 0 saturated carbocycles. The van der Waals surface area contributed by atoms with Gasteiger partial charge < -0.3 is 15.2 Å². The van der Waals surface area contributed by atoms with Gasteiger partial charge in [-0.25, -0.2) is 9.98 Å². The molecule has 0 aliphatic carbocycles. The van der Waals surface area contributed by atoms with Gasteiger partial charge in [-0.2, -0.15) is 0 Å². The molecule has 2 aromatic heterocycles. The summed E-state index contributed by atoms with van der Waals surface area (Å²) < 4.78 is 2.23. The van der Waals surface area contributed by atoms with Crippen LogP contribution in [0.2, 0.25) is 0 Å². The van der Waals surface area contributed by atoms with Crippen molar-refractivity contribution >= 4 is 41.0 Å². The maximum Gasteiger partial charge on any atom is 0.191 e. The lowest BCUT2D eigenvalue weighted by atomic mass is 10.3. The quantitative estimate of drug-likeness (QED) is 0.334. The Kier molecular flexibility index (Phi) is 7.83. The van der Waals surface area contributed by atoms with Gasteiger partial charge in [0, 0.05) is 25.8 Å². The number of para-hydroxylation sites is 2. The van der Waals surface area contributed by atoms with Crippen molar-refractivity contribution in [3.05, 3.63) is 60.2 Å². The van der Waals surface area contributed by atoms with Crippen LogP contribution in [0.25, 0.3) is 11.0 Å². The van der Waals surface area contributed by atoms with E-state index >= 15 is 0 Å². The zero-order chi connectivity index (χ0) is 17.5. The number of imidazole rings is 1. The molecule has 0 fully saturated rings. The number of aromatic nitrogens is 3. The van der Waals surface area contributed by atoms with Crippen LogP contribution in [0.3, 0.4) is 0 Å². The number of guanidine groups is 1. The predicted molar refractivity (Wildman–Crippen MR) is 117 cm³/mol. The fourth-order valence-corrected chi connectivity index (χ4v) is 2.76. The number of benzene rings is 1. The molecule has 0 amide bonds. The zero-order valence-electron chi connectivity index (χ0n) is 15.1. The number of aryl methyl sites for hydroxylation is 1. The van der Waals surface area contributed by atoms with Crippen LogP contribution in [-0.2, 0) is 13.1 Å². The van der Waals surface area contributed by atoms with Crippen LogP contribution in [0.1, 0.15) is 18.4 Å². The van der Waals surface area contributed by atoms with Crippen LogP contribution in [0.4, 0.5) is 0 Å². The molecule has 6 nitrogen and oxygen atoms in total. The van der Waals surface area contributed by atoms with Crippen molar-refractivity contribution in [1.82, 2.24) is 25.2 Å². The second kappa shape index (κ2) is 10.1. The number of rotatable bonds is 6. The van der Waals surface area contributed by atoms with Gasteiger partial charge in [-0.05, 0) is 38.1 Å². The maximum absolute atomic E-state index is 4.60. The number of halogens is 1. The van der Waals surface area contributed by atoms with Crippen LogP contribution < -0.4 is 10.6 Å². The first-order valence-electron chi connectivity index (χ1n) is 8.62. The number of pyridine rings is 1. The van der Waals surface area contributed by atoms with Gasteiger partial charge in [-0.3, -0.25) is 4.98 Å². The summed E-state index contributed by atoms with van der Waals surface area (Å²) in [4.78, 5) is 13.5. The molecule has 0 unspecified atom stereocenters. The second-order valence-corrected chi connectivity index (χ2v) is 5.74. The number of fused-ring (bicyclic) bond motifs is 1. The minimum Gasteiger partial charge on any atom is -0.357 e. The molecule has 7 heteroatoms. The summed E-state index contributed by atoms with van der Waals surface area (Å²) in [7, 11) is 0. The third-order valence-corrected chi connectivity index (χ3v) is 3.94. The molecule has 1 aromatic carbocycles. The molecular formula is C19H25IN6. The van der Waals surface area contributed by atoms with Crippen LogP contribution in [0, 0.1) is 6.92 Å². The third kappa shape index (κ3) is 5.17. The Morgan fingerprint density at radius 3 is 2.69 bits per heavy atom. The molecule has 0 atom stereocenters. The standard InChI is InChI=1S/C19H24N6.HI/c1-3-20-19(23-14-16-8-6-7-11-21-16)22-12-13-25-15(2)24-17-9-4-5-10-18(17)25;/h4-11H,3,12-14H2,1-2H3,(H2,20,22,23);1H. The average molecular weight is 464 g/mol. The van der Waals surface area contributed by atoms with E-state index in [1.165, 1.54) is 0 Å². The molecule has 0 radical (unpaired) electrons. The van der Waals surface area contributed by atoms with Crippen LogP contribution in [0.5, 0.6) is 0 Å². The summed E-state index contributed by atoms with van der Waals surface area (Å²) in [5.74, 6) is 1.83. The average Bonchev–Trinajstić information content (AvgIpc) is 2.96. The van der Waals surface area contributed by atoms with E-state index in [0.717, 1.165) is 48.1 Å². The molecule has 2 N–H and O–H groups in total. The lowest BCUT2D eigenvalue weighted by Crippen LogP contribution is -2.38. The summed E-state index contributed by atoms with van der Waals surface area (Å²) in [6.45, 7) is 7.09. The van der Waals surface area contributed by atoms with E-state index in [4.69, 9.17) is 0 Å². The molecule has 26 heavy (non-hydrogen) atoms. The first-order chi connectivity index (χ1) is 12.3. The largest absolute Gasteiger partial charge is 0.357 e. The minimum absolute atomic E-state index is 0. The van der Waals surface area contributed by atoms with Gasteiger partial charge in [0.15, 0.2) is 5.96 Å². The number of nitrogens with zero attached hydrogens (tertiary/aromatic N) is 4. The Labute approximate surface area is 171 Å².